The third-order valence-corrected chi connectivity index (χ3v) is 1.43. The van der Waals surface area contributed by atoms with Crippen LogP contribution in [-0.4, -0.2) is 26.3 Å². The Bertz CT molecular complexity index is 76.4. The highest BCUT2D eigenvalue weighted by atomic mass is 35.5. The molecule has 0 aliphatic rings. The van der Waals surface area contributed by atoms with Crippen molar-refractivity contribution >= 4 is 24.8 Å². The molecule has 8 N–H and O–H groups in total. The quantitative estimate of drug-likeness (QED) is 0.369. The minimum absolute atomic E-state index is 0. The summed E-state index contributed by atoms with van der Waals surface area (Å²) in [6.07, 6.45) is 3.92. The molecule has 0 rings (SSSR count). The first kappa shape index (κ1) is 25.3. The molecular weight excluding hydrogens is 255 g/mol. The molecule has 0 fully saturated rings. The van der Waals surface area contributed by atoms with Gasteiger partial charge in [0.05, 0.1) is 13.2 Å². The second-order valence-corrected chi connectivity index (χ2v) is 2.73. The van der Waals surface area contributed by atoms with Gasteiger partial charge < -0.3 is 21.1 Å². The van der Waals surface area contributed by atoms with Crippen LogP contribution in [0.4, 0.5) is 0 Å². The fraction of sp³-hybridized carbons (Fsp3) is 1.00. The van der Waals surface area contributed by atoms with Crippen molar-refractivity contribution in [3.63, 3.8) is 0 Å². The molecule has 0 aromatic heterocycles. The molecular formula is C8H26Cl2N4O2. The lowest BCUT2D eigenvalue weighted by Crippen LogP contribution is -2.04. The maximum Gasteiger partial charge on any atom is 0.0679 e. The highest BCUT2D eigenvalue weighted by Crippen LogP contribution is 1.82. The second kappa shape index (κ2) is 29.5. The molecule has 0 aromatic carbocycles. The van der Waals surface area contributed by atoms with E-state index in [1.165, 1.54) is 0 Å². The Hall–Kier alpha value is 0.340. The lowest BCUT2D eigenvalue weighted by Gasteiger charge is -1.92. The van der Waals surface area contributed by atoms with Crippen LogP contribution in [0, 0.1) is 0 Å². The summed E-state index contributed by atoms with van der Waals surface area (Å²) in [5, 5.41) is 0. The van der Waals surface area contributed by atoms with Gasteiger partial charge in [-0.25, -0.2) is 11.8 Å². The van der Waals surface area contributed by atoms with Crippen LogP contribution in [0.25, 0.3) is 0 Å². The molecule has 0 bridgehead atoms. The van der Waals surface area contributed by atoms with Crippen LogP contribution < -0.4 is 23.3 Å². The molecule has 0 amide bonds. The number of hydrogen-bond acceptors (Lipinski definition) is 6. The summed E-state index contributed by atoms with van der Waals surface area (Å²) >= 11 is 0. The predicted octanol–water partition coefficient (Wildman–Crippen LogP) is 0.0748. The van der Waals surface area contributed by atoms with Gasteiger partial charge in [-0.3, -0.25) is 0 Å². The molecule has 0 unspecified atom stereocenters. The van der Waals surface area contributed by atoms with Gasteiger partial charge in [0.25, 0.3) is 0 Å². The number of halogens is 2. The van der Waals surface area contributed by atoms with Gasteiger partial charge >= 0.3 is 0 Å². The van der Waals surface area contributed by atoms with E-state index in [4.69, 9.17) is 23.3 Å². The van der Waals surface area contributed by atoms with Crippen molar-refractivity contribution in [3.8, 4) is 0 Å². The Morgan fingerprint density at radius 3 is 1.12 bits per heavy atom. The van der Waals surface area contributed by atoms with Gasteiger partial charge in [-0.1, -0.05) is 0 Å². The van der Waals surface area contributed by atoms with Gasteiger partial charge in [0.15, 0.2) is 0 Å². The molecule has 0 aliphatic heterocycles. The minimum Gasteiger partial charge on any atom is -0.330 e. The zero-order valence-corrected chi connectivity index (χ0v) is 11.2. The zero-order chi connectivity index (χ0) is 11.1. The summed E-state index contributed by atoms with van der Waals surface area (Å²) < 4.78 is 0. The van der Waals surface area contributed by atoms with Gasteiger partial charge in [0.2, 0.25) is 0 Å². The Morgan fingerprint density at radius 1 is 0.625 bits per heavy atom. The van der Waals surface area contributed by atoms with Crippen molar-refractivity contribution in [3.05, 3.63) is 0 Å². The van der Waals surface area contributed by atoms with E-state index in [-0.39, 0.29) is 24.8 Å². The standard InChI is InChI=1S/2C4H12N2O.2ClH/c2*5-3-1-2-4-7-6;;/h2*1-6H2;2*1H. The molecule has 0 spiro atoms. The van der Waals surface area contributed by atoms with E-state index in [2.05, 4.69) is 9.68 Å². The fourth-order valence-corrected chi connectivity index (χ4v) is 0.659. The largest absolute Gasteiger partial charge is 0.330 e. The molecule has 0 saturated carbocycles. The van der Waals surface area contributed by atoms with Crippen LogP contribution in [0.5, 0.6) is 0 Å². The number of nitrogens with two attached hydrogens (primary N) is 4. The van der Waals surface area contributed by atoms with Crippen molar-refractivity contribution in [2.45, 2.75) is 25.7 Å². The summed E-state index contributed by atoms with van der Waals surface area (Å²) in [5.41, 5.74) is 10.3. The molecule has 0 atom stereocenters. The fourth-order valence-electron chi connectivity index (χ4n) is 0.659. The average molecular weight is 281 g/mol. The van der Waals surface area contributed by atoms with E-state index >= 15 is 0 Å². The average Bonchev–Trinajstić information content (AvgIpc) is 2.21. The monoisotopic (exact) mass is 280 g/mol. The van der Waals surface area contributed by atoms with Gasteiger partial charge in [-0.2, -0.15) is 0 Å². The Labute approximate surface area is 110 Å². The van der Waals surface area contributed by atoms with Crippen LogP contribution in [0.15, 0.2) is 0 Å². The van der Waals surface area contributed by atoms with E-state index in [1.807, 2.05) is 0 Å². The lowest BCUT2D eigenvalue weighted by atomic mass is 10.3. The minimum atomic E-state index is 0. The highest BCUT2D eigenvalue weighted by Gasteiger charge is 1.81. The van der Waals surface area contributed by atoms with Crippen LogP contribution >= 0.6 is 24.8 Å². The molecule has 0 heterocycles. The van der Waals surface area contributed by atoms with Crippen LogP contribution in [0.1, 0.15) is 25.7 Å². The van der Waals surface area contributed by atoms with Crippen molar-refractivity contribution in [2.75, 3.05) is 26.3 Å². The number of unbranched alkanes of at least 4 members (excludes halogenated alkanes) is 2. The molecule has 16 heavy (non-hydrogen) atoms. The molecule has 0 radical (unpaired) electrons. The Kier molecular flexibility index (Phi) is 46.6. The van der Waals surface area contributed by atoms with Crippen molar-refractivity contribution in [1.29, 1.82) is 0 Å². The van der Waals surface area contributed by atoms with E-state index in [9.17, 15) is 0 Å². The first-order chi connectivity index (χ1) is 6.83. The van der Waals surface area contributed by atoms with Gasteiger partial charge in [0.1, 0.15) is 0 Å². The summed E-state index contributed by atoms with van der Waals surface area (Å²) in [6.45, 7) is 2.70. The van der Waals surface area contributed by atoms with Gasteiger partial charge in [0, 0.05) is 0 Å². The van der Waals surface area contributed by atoms with Crippen molar-refractivity contribution < 1.29 is 9.68 Å². The van der Waals surface area contributed by atoms with E-state index in [0.29, 0.717) is 13.2 Å². The first-order valence-electron chi connectivity index (χ1n) is 4.87. The molecule has 6 nitrogen and oxygen atoms in total. The van der Waals surface area contributed by atoms with Gasteiger partial charge in [-0.15, -0.1) is 24.8 Å². The van der Waals surface area contributed by atoms with Crippen LogP contribution in [-0.2, 0) is 9.68 Å². The molecule has 8 heteroatoms. The van der Waals surface area contributed by atoms with Crippen molar-refractivity contribution in [1.82, 2.24) is 0 Å². The summed E-state index contributed by atoms with van der Waals surface area (Å²) in [5.74, 6) is 9.46. The highest BCUT2D eigenvalue weighted by molar-refractivity contribution is 5.85. The van der Waals surface area contributed by atoms with Crippen LogP contribution in [0.3, 0.4) is 0 Å². The predicted molar refractivity (Wildman–Crippen MR) is 71.4 cm³/mol. The first-order valence-corrected chi connectivity index (χ1v) is 4.87. The second-order valence-electron chi connectivity index (χ2n) is 2.73. The molecule has 0 saturated heterocycles. The lowest BCUT2D eigenvalue weighted by molar-refractivity contribution is 0.134. The topological polar surface area (TPSA) is 123 Å². The Morgan fingerprint density at radius 2 is 0.938 bits per heavy atom. The third-order valence-electron chi connectivity index (χ3n) is 1.43. The van der Waals surface area contributed by atoms with E-state index in [0.717, 1.165) is 38.8 Å². The maximum absolute atomic E-state index is 5.17. The summed E-state index contributed by atoms with van der Waals surface area (Å²) in [6, 6.07) is 0. The van der Waals surface area contributed by atoms with Crippen molar-refractivity contribution in [2.24, 2.45) is 23.3 Å². The van der Waals surface area contributed by atoms with E-state index < -0.39 is 0 Å². The maximum atomic E-state index is 5.17. The third kappa shape index (κ3) is 36.7. The number of hydrogen-bond donors (Lipinski definition) is 4. The SMILES string of the molecule is Cl.Cl.NCCCCON.NCCCCON. The van der Waals surface area contributed by atoms with E-state index in [1.54, 1.807) is 0 Å². The molecule has 104 valence electrons. The Balaban J connectivity index is -0.0000000800. The van der Waals surface area contributed by atoms with Gasteiger partial charge in [-0.05, 0) is 38.8 Å². The zero-order valence-electron chi connectivity index (χ0n) is 9.60. The summed E-state index contributed by atoms with van der Waals surface area (Å²) in [4.78, 5) is 8.58. The molecule has 0 aliphatic carbocycles. The summed E-state index contributed by atoms with van der Waals surface area (Å²) in [7, 11) is 0. The van der Waals surface area contributed by atoms with Crippen LogP contribution in [0.2, 0.25) is 0 Å². The normalized spacial score (nSPS) is 8.25. The smallest absolute Gasteiger partial charge is 0.0679 e. The number of rotatable bonds is 8. The molecule has 0 aromatic rings.